The van der Waals surface area contributed by atoms with Crippen molar-refractivity contribution in [2.45, 2.75) is 88.9 Å². The number of allylic oxidation sites excluding steroid dienone is 2. The molecule has 1 amide bonds. The largest absolute Gasteiger partial charge is 0.494 e. The van der Waals surface area contributed by atoms with Gasteiger partial charge < -0.3 is 23.8 Å². The molecule has 4 aliphatic rings. The number of hydrogen-bond acceptors (Lipinski definition) is 9. The number of fused-ring (bicyclic) bond motifs is 5. The van der Waals surface area contributed by atoms with Gasteiger partial charge in [0.05, 0.1) is 38.6 Å². The molecule has 3 fully saturated rings. The number of hydrogen-bond donors (Lipinski definition) is 0. The molecule has 43 heavy (non-hydrogen) atoms. The number of benzene rings is 1. The Bertz CT molecular complexity index is 1420. The normalized spacial score (nSPS) is 30.8. The molecule has 0 spiro atoms. The van der Waals surface area contributed by atoms with E-state index >= 15 is 0 Å². The summed E-state index contributed by atoms with van der Waals surface area (Å²) in [5, 5.41) is 0. The highest BCUT2D eigenvalue weighted by molar-refractivity contribution is 5.89. The zero-order chi connectivity index (χ0) is 30.1. The Kier molecular flexibility index (Phi) is 8.29. The van der Waals surface area contributed by atoms with Crippen molar-refractivity contribution in [3.63, 3.8) is 0 Å². The summed E-state index contributed by atoms with van der Waals surface area (Å²) < 4.78 is 23.1. The monoisotopic (exact) mass is 591 g/mol. The van der Waals surface area contributed by atoms with Crippen LogP contribution in [0, 0.1) is 17.8 Å². The number of aryl methyl sites for hydroxylation is 1. The fourth-order valence-corrected chi connectivity index (χ4v) is 7.13. The van der Waals surface area contributed by atoms with Gasteiger partial charge in [-0.15, -0.1) is 0 Å². The van der Waals surface area contributed by atoms with E-state index in [2.05, 4.69) is 12.2 Å². The van der Waals surface area contributed by atoms with Gasteiger partial charge in [0.1, 0.15) is 34.7 Å². The van der Waals surface area contributed by atoms with Gasteiger partial charge in [-0.25, -0.2) is 14.8 Å². The number of carbonyl (C=O) groups excluding carboxylic acids is 3. The second-order valence-corrected chi connectivity index (χ2v) is 12.6. The molecule has 1 aromatic carbocycles. The molecular formula is C33H41N3O7. The highest BCUT2D eigenvalue weighted by atomic mass is 16.6. The van der Waals surface area contributed by atoms with E-state index < -0.39 is 29.6 Å². The molecule has 2 saturated carbocycles. The van der Waals surface area contributed by atoms with Gasteiger partial charge in [-0.3, -0.25) is 9.59 Å². The third kappa shape index (κ3) is 6.06. The van der Waals surface area contributed by atoms with Gasteiger partial charge in [-0.05, 0) is 63.5 Å². The summed E-state index contributed by atoms with van der Waals surface area (Å²) in [7, 11) is 2.92. The summed E-state index contributed by atoms with van der Waals surface area (Å²) in [6, 6.07) is 4.79. The van der Waals surface area contributed by atoms with E-state index in [1.165, 1.54) is 7.11 Å². The molecule has 10 nitrogen and oxygen atoms in total. The van der Waals surface area contributed by atoms with Crippen molar-refractivity contribution < 1.29 is 33.3 Å². The third-order valence-corrected chi connectivity index (χ3v) is 9.72. The van der Waals surface area contributed by atoms with E-state index in [1.807, 2.05) is 25.1 Å². The Balaban J connectivity index is 1.36. The number of rotatable bonds is 3. The quantitative estimate of drug-likeness (QED) is 0.374. The maximum atomic E-state index is 14.2. The molecule has 0 N–H and O–H groups in total. The maximum absolute atomic E-state index is 14.2. The molecule has 6 rings (SSSR count). The van der Waals surface area contributed by atoms with Gasteiger partial charge in [-0.2, -0.15) is 0 Å². The summed E-state index contributed by atoms with van der Waals surface area (Å²) in [4.78, 5) is 51.8. The van der Waals surface area contributed by atoms with Crippen LogP contribution < -0.4 is 9.47 Å². The molecule has 5 atom stereocenters. The van der Waals surface area contributed by atoms with Crippen molar-refractivity contribution >= 4 is 28.9 Å². The molecule has 2 aromatic rings. The number of para-hydroxylation sites is 1. The molecule has 1 saturated heterocycles. The van der Waals surface area contributed by atoms with E-state index in [-0.39, 0.29) is 43.1 Å². The fraction of sp³-hybridized carbons (Fsp3) is 0.606. The standard InChI is InChI=1S/C33H41N3O7/c1-33-18-21(33)12-5-4-6-13-25-30(35-29-24(34-25)14-9-15-27(29)40-2)42-22-16-26(32(39)41-3)36(19-22)31(38)23(17-28(37)43-33)20-10-7-8-11-20/h4-5,9,14-15,20-23,26H,6-8,10-13,16-19H2,1-3H3/b5-4+/t21-,22-,23+,26+,33-/m1/s1. The lowest BCUT2D eigenvalue weighted by atomic mass is 9.86. The first-order valence-electron chi connectivity index (χ1n) is 15.5. The number of ether oxygens (including phenoxy) is 4. The minimum atomic E-state index is -0.816. The van der Waals surface area contributed by atoms with Crippen LogP contribution in [0.4, 0.5) is 0 Å². The molecule has 2 aliphatic heterocycles. The van der Waals surface area contributed by atoms with E-state index in [9.17, 15) is 14.4 Å². The van der Waals surface area contributed by atoms with E-state index in [1.54, 1.807) is 12.0 Å². The Hall–Kier alpha value is -3.69. The minimum absolute atomic E-state index is 0.0116. The summed E-state index contributed by atoms with van der Waals surface area (Å²) in [6.07, 6.45) is 10.8. The zero-order valence-corrected chi connectivity index (χ0v) is 25.3. The number of methoxy groups -OCH3 is 2. The number of amides is 1. The molecule has 1 aromatic heterocycles. The van der Waals surface area contributed by atoms with E-state index in [0.717, 1.165) is 44.9 Å². The molecule has 230 valence electrons. The number of nitrogens with zero attached hydrogens (tertiary/aromatic N) is 3. The van der Waals surface area contributed by atoms with Crippen LogP contribution >= 0.6 is 0 Å². The molecular weight excluding hydrogens is 550 g/mol. The minimum Gasteiger partial charge on any atom is -0.494 e. The molecule has 2 bridgehead atoms. The van der Waals surface area contributed by atoms with Crippen LogP contribution in [0.3, 0.4) is 0 Å². The number of esters is 2. The zero-order valence-electron chi connectivity index (χ0n) is 25.3. The van der Waals surface area contributed by atoms with Gasteiger partial charge in [-0.1, -0.05) is 31.1 Å². The van der Waals surface area contributed by atoms with Crippen LogP contribution in [0.1, 0.15) is 70.4 Å². The number of carbonyl (C=O) groups is 3. The van der Waals surface area contributed by atoms with Crippen LogP contribution in [0.2, 0.25) is 0 Å². The van der Waals surface area contributed by atoms with Gasteiger partial charge in [0, 0.05) is 12.3 Å². The van der Waals surface area contributed by atoms with Crippen LogP contribution in [0.25, 0.3) is 11.0 Å². The lowest BCUT2D eigenvalue weighted by Gasteiger charge is -2.30. The van der Waals surface area contributed by atoms with Gasteiger partial charge in [0.2, 0.25) is 11.8 Å². The summed E-state index contributed by atoms with van der Waals surface area (Å²) in [5.74, 6) is -0.318. The van der Waals surface area contributed by atoms with Gasteiger partial charge >= 0.3 is 11.9 Å². The fourth-order valence-electron chi connectivity index (χ4n) is 7.13. The second-order valence-electron chi connectivity index (χ2n) is 12.6. The van der Waals surface area contributed by atoms with Crippen molar-refractivity contribution in [3.8, 4) is 11.6 Å². The Morgan fingerprint density at radius 3 is 2.70 bits per heavy atom. The Morgan fingerprint density at radius 1 is 1.12 bits per heavy atom. The summed E-state index contributed by atoms with van der Waals surface area (Å²) in [5.41, 5.74) is 1.50. The highest BCUT2D eigenvalue weighted by Crippen LogP contribution is 2.49. The van der Waals surface area contributed by atoms with Crippen LogP contribution in [0.15, 0.2) is 30.4 Å². The molecule has 2 aliphatic carbocycles. The number of aromatic nitrogens is 2. The van der Waals surface area contributed by atoms with E-state index in [4.69, 9.17) is 28.9 Å². The van der Waals surface area contributed by atoms with Gasteiger partial charge in [0.15, 0.2) is 0 Å². The predicted molar refractivity (Wildman–Crippen MR) is 157 cm³/mol. The first-order valence-corrected chi connectivity index (χ1v) is 15.5. The van der Waals surface area contributed by atoms with Crippen LogP contribution in [-0.2, 0) is 30.3 Å². The summed E-state index contributed by atoms with van der Waals surface area (Å²) >= 11 is 0. The summed E-state index contributed by atoms with van der Waals surface area (Å²) in [6.45, 7) is 2.16. The molecule has 10 heteroatoms. The van der Waals surface area contributed by atoms with Crippen LogP contribution in [-0.4, -0.2) is 71.2 Å². The smallest absolute Gasteiger partial charge is 0.328 e. The van der Waals surface area contributed by atoms with E-state index in [0.29, 0.717) is 34.8 Å². The first kappa shape index (κ1) is 29.4. The van der Waals surface area contributed by atoms with Crippen molar-refractivity contribution in [2.24, 2.45) is 17.8 Å². The van der Waals surface area contributed by atoms with Crippen molar-refractivity contribution in [1.82, 2.24) is 14.9 Å². The van der Waals surface area contributed by atoms with Crippen molar-refractivity contribution in [3.05, 3.63) is 36.0 Å². The lowest BCUT2D eigenvalue weighted by molar-refractivity contribution is -0.158. The Morgan fingerprint density at radius 2 is 1.93 bits per heavy atom. The SMILES string of the molecule is COC(=O)[C@@H]1C[C@@H]2CN1C(=O)[C@H](C1CCCC1)CC(=O)O[C@]1(C)C[C@H]1C/C=C/CCc1nc3cccc(OC)c3nc1O2. The molecule has 0 unspecified atom stereocenters. The highest BCUT2D eigenvalue weighted by Gasteiger charge is 2.53. The van der Waals surface area contributed by atoms with Gasteiger partial charge in [0.25, 0.3) is 0 Å². The van der Waals surface area contributed by atoms with Crippen molar-refractivity contribution in [2.75, 3.05) is 20.8 Å². The second kappa shape index (κ2) is 12.1. The molecule has 0 radical (unpaired) electrons. The predicted octanol–water partition coefficient (Wildman–Crippen LogP) is 4.57. The lowest BCUT2D eigenvalue weighted by Crippen LogP contribution is -2.46. The molecule has 3 heterocycles. The average Bonchev–Trinajstić information content (AvgIpc) is 3.36. The maximum Gasteiger partial charge on any atom is 0.328 e. The Labute approximate surface area is 252 Å². The topological polar surface area (TPSA) is 117 Å². The van der Waals surface area contributed by atoms with Crippen LogP contribution in [0.5, 0.6) is 11.6 Å². The third-order valence-electron chi connectivity index (χ3n) is 9.72. The average molecular weight is 592 g/mol. The van der Waals surface area contributed by atoms with Crippen molar-refractivity contribution in [1.29, 1.82) is 0 Å². The first-order chi connectivity index (χ1) is 20.8.